The largest absolute Gasteiger partial charge is 0.464 e. The zero-order valence-electron chi connectivity index (χ0n) is 22.8. The summed E-state index contributed by atoms with van der Waals surface area (Å²) in [6.45, 7) is 2.07. The van der Waals surface area contributed by atoms with Gasteiger partial charge < -0.3 is 15.4 Å². The molecule has 11 heteroatoms. The third kappa shape index (κ3) is 6.43. The van der Waals surface area contributed by atoms with Crippen molar-refractivity contribution in [1.29, 1.82) is 0 Å². The number of esters is 1. The SMILES string of the molecule is CCOC(=O)[C@H](Cc1ccc(NC(=O)c2c(Cl)cncc2Cl)cc1)NC1=C(C2SCCCS2)C(=O)C12CCCCC2. The van der Waals surface area contributed by atoms with Crippen molar-refractivity contribution in [1.82, 2.24) is 10.3 Å². The van der Waals surface area contributed by atoms with Gasteiger partial charge in [-0.3, -0.25) is 14.6 Å². The van der Waals surface area contributed by atoms with Gasteiger partial charge in [-0.1, -0.05) is 54.6 Å². The number of carbonyl (C=O) groups excluding carboxylic acids is 3. The van der Waals surface area contributed by atoms with E-state index in [9.17, 15) is 14.4 Å². The number of allylic oxidation sites excluding steroid dienone is 1. The summed E-state index contributed by atoms with van der Waals surface area (Å²) in [5.41, 5.74) is 2.93. The van der Waals surface area contributed by atoms with Crippen LogP contribution in [0.3, 0.4) is 0 Å². The Morgan fingerprint density at radius 2 is 1.71 bits per heavy atom. The first-order valence-electron chi connectivity index (χ1n) is 14.0. The van der Waals surface area contributed by atoms with Crippen LogP contribution in [-0.4, -0.2) is 51.4 Å². The molecule has 1 spiro atoms. The summed E-state index contributed by atoms with van der Waals surface area (Å²) >= 11 is 15.9. The zero-order valence-corrected chi connectivity index (χ0v) is 26.0. The Morgan fingerprint density at radius 3 is 2.34 bits per heavy atom. The van der Waals surface area contributed by atoms with E-state index in [0.29, 0.717) is 12.1 Å². The van der Waals surface area contributed by atoms with Crippen LogP contribution in [0.5, 0.6) is 0 Å². The molecule has 1 amide bonds. The first kappa shape index (κ1) is 30.3. The lowest BCUT2D eigenvalue weighted by molar-refractivity contribution is -0.146. The monoisotopic (exact) mass is 633 g/mol. The maximum atomic E-state index is 13.7. The smallest absolute Gasteiger partial charge is 0.328 e. The molecule has 1 aromatic heterocycles. The quantitative estimate of drug-likeness (QED) is 0.295. The number of rotatable bonds is 9. The summed E-state index contributed by atoms with van der Waals surface area (Å²) in [6.07, 6.45) is 9.08. The van der Waals surface area contributed by atoms with Gasteiger partial charge in [0.05, 0.1) is 32.2 Å². The number of nitrogens with one attached hydrogen (secondary N) is 2. The second kappa shape index (κ2) is 13.4. The van der Waals surface area contributed by atoms with Gasteiger partial charge >= 0.3 is 5.97 Å². The minimum atomic E-state index is -0.639. The molecule has 0 unspecified atom stereocenters. The number of hydrogen-bond acceptors (Lipinski definition) is 8. The lowest BCUT2D eigenvalue weighted by atomic mass is 9.59. The summed E-state index contributed by atoms with van der Waals surface area (Å²) in [5.74, 6) is 1.57. The van der Waals surface area contributed by atoms with Crippen LogP contribution in [0.4, 0.5) is 5.69 Å². The summed E-state index contributed by atoms with van der Waals surface area (Å²) < 4.78 is 5.58. The van der Waals surface area contributed by atoms with E-state index in [0.717, 1.165) is 66.9 Å². The van der Waals surface area contributed by atoms with Crippen LogP contribution in [0, 0.1) is 5.41 Å². The predicted molar refractivity (Wildman–Crippen MR) is 167 cm³/mol. The standard InChI is InChI=1S/C30H33Cl2N3O4S2/c1-2-39-28(38)22(15-18-7-9-19(10-8-18)34-27(37)23-20(31)16-33-17-21(23)32)35-25-24(29-40-13-6-14-41-29)26(36)30(25)11-4-3-5-12-30/h7-10,16-17,22,29,35H,2-6,11-15H2,1H3,(H,34,37)/t22-/m0/s1. The van der Waals surface area contributed by atoms with Crippen molar-refractivity contribution >= 4 is 70.1 Å². The number of Topliss-reactive ketones (excluding diaryl/α,β-unsaturated/α-hetero) is 1. The molecule has 7 nitrogen and oxygen atoms in total. The maximum absolute atomic E-state index is 13.7. The van der Waals surface area contributed by atoms with Gasteiger partial charge in [-0.2, -0.15) is 0 Å². The molecule has 1 saturated carbocycles. The van der Waals surface area contributed by atoms with Crippen molar-refractivity contribution in [2.24, 2.45) is 5.41 Å². The third-order valence-electron chi connectivity index (χ3n) is 7.82. The highest BCUT2D eigenvalue weighted by Crippen LogP contribution is 2.56. The lowest BCUT2D eigenvalue weighted by Crippen LogP contribution is -2.56. The van der Waals surface area contributed by atoms with Gasteiger partial charge in [-0.05, 0) is 55.4 Å². The van der Waals surface area contributed by atoms with Crippen LogP contribution < -0.4 is 10.6 Å². The van der Waals surface area contributed by atoms with Crippen LogP contribution >= 0.6 is 46.7 Å². The van der Waals surface area contributed by atoms with E-state index in [2.05, 4.69) is 15.6 Å². The first-order chi connectivity index (χ1) is 19.8. The maximum Gasteiger partial charge on any atom is 0.328 e. The van der Waals surface area contributed by atoms with Crippen molar-refractivity contribution < 1.29 is 19.1 Å². The van der Waals surface area contributed by atoms with Crippen LogP contribution in [0.25, 0.3) is 0 Å². The van der Waals surface area contributed by atoms with Crippen molar-refractivity contribution in [3.05, 3.63) is 69.1 Å². The van der Waals surface area contributed by atoms with Crippen LogP contribution in [0.15, 0.2) is 47.9 Å². The number of hydrogen-bond donors (Lipinski definition) is 2. The molecule has 1 saturated heterocycles. The summed E-state index contributed by atoms with van der Waals surface area (Å²) in [4.78, 5) is 43.5. The zero-order chi connectivity index (χ0) is 29.0. The molecule has 2 aromatic rings. The van der Waals surface area contributed by atoms with Gasteiger partial charge in [0.15, 0.2) is 5.78 Å². The Balaban J connectivity index is 1.36. The number of pyridine rings is 1. The van der Waals surface area contributed by atoms with Gasteiger partial charge in [-0.25, -0.2) is 4.79 Å². The average Bonchev–Trinajstić information content (AvgIpc) is 2.98. The van der Waals surface area contributed by atoms with Gasteiger partial charge in [0.1, 0.15) is 6.04 Å². The number of nitrogens with zero attached hydrogens (tertiary/aromatic N) is 1. The molecule has 2 heterocycles. The van der Waals surface area contributed by atoms with Gasteiger partial charge in [0.2, 0.25) is 0 Å². The van der Waals surface area contributed by atoms with Crippen molar-refractivity contribution in [2.75, 3.05) is 23.4 Å². The minimum absolute atomic E-state index is 0.111. The van der Waals surface area contributed by atoms with Crippen molar-refractivity contribution in [3.8, 4) is 0 Å². The summed E-state index contributed by atoms with van der Waals surface area (Å²) in [7, 11) is 0. The van der Waals surface area contributed by atoms with Gasteiger partial charge in [0.25, 0.3) is 5.91 Å². The number of carbonyl (C=O) groups is 3. The molecule has 218 valence electrons. The highest BCUT2D eigenvalue weighted by Gasteiger charge is 2.56. The normalized spacial score (nSPS) is 19.4. The van der Waals surface area contributed by atoms with E-state index in [-0.39, 0.29) is 38.6 Å². The van der Waals surface area contributed by atoms with Gasteiger partial charge in [-0.15, -0.1) is 23.5 Å². The minimum Gasteiger partial charge on any atom is -0.464 e. The number of anilines is 1. The average molecular weight is 635 g/mol. The Hall–Kier alpha value is -2.20. The fourth-order valence-corrected chi connectivity index (χ4v) is 9.31. The molecule has 0 bridgehead atoms. The topological polar surface area (TPSA) is 97.4 Å². The molecule has 5 rings (SSSR count). The number of ketones is 1. The molecule has 1 atom stereocenters. The lowest BCUT2D eigenvalue weighted by Gasteiger charge is -2.49. The van der Waals surface area contributed by atoms with Crippen LogP contribution in [0.1, 0.15) is 61.4 Å². The molecule has 0 radical (unpaired) electrons. The number of thioether (sulfide) groups is 2. The highest BCUT2D eigenvalue weighted by atomic mass is 35.5. The number of ether oxygens (including phenoxy) is 1. The molecular formula is C30H33Cl2N3O4S2. The first-order valence-corrected chi connectivity index (χ1v) is 16.8. The van der Waals surface area contributed by atoms with E-state index in [1.165, 1.54) is 12.4 Å². The van der Waals surface area contributed by atoms with Crippen molar-refractivity contribution in [2.45, 2.75) is 62.5 Å². The van der Waals surface area contributed by atoms with E-state index in [4.69, 9.17) is 27.9 Å². The van der Waals surface area contributed by atoms with Crippen LogP contribution in [-0.2, 0) is 20.7 Å². The Kier molecular flexibility index (Phi) is 9.89. The number of amides is 1. The molecular weight excluding hydrogens is 601 g/mol. The Morgan fingerprint density at radius 1 is 1.05 bits per heavy atom. The van der Waals surface area contributed by atoms with E-state index in [1.54, 1.807) is 19.1 Å². The molecule has 2 aliphatic carbocycles. The number of halogens is 2. The fourth-order valence-electron chi connectivity index (χ4n) is 5.80. The molecule has 3 aliphatic rings. The second-order valence-corrected chi connectivity index (χ2v) is 14.0. The Labute approximate surface area is 258 Å². The number of aromatic nitrogens is 1. The summed E-state index contributed by atoms with van der Waals surface area (Å²) in [5, 5.41) is 6.70. The van der Waals surface area contributed by atoms with E-state index >= 15 is 0 Å². The molecule has 1 aromatic carbocycles. The molecule has 1 aliphatic heterocycles. The Bertz CT molecular complexity index is 1320. The second-order valence-electron chi connectivity index (χ2n) is 10.5. The molecule has 2 fully saturated rings. The third-order valence-corrected chi connectivity index (χ3v) is 11.3. The van der Waals surface area contributed by atoms with Crippen molar-refractivity contribution in [3.63, 3.8) is 0 Å². The summed E-state index contributed by atoms with van der Waals surface area (Å²) in [6, 6.07) is 6.63. The van der Waals surface area contributed by atoms with Crippen LogP contribution in [0.2, 0.25) is 10.0 Å². The molecule has 41 heavy (non-hydrogen) atoms. The van der Waals surface area contributed by atoms with E-state index in [1.807, 2.05) is 35.7 Å². The van der Waals surface area contributed by atoms with E-state index < -0.39 is 17.4 Å². The number of benzene rings is 1. The fraction of sp³-hybridized carbons (Fsp3) is 0.467. The highest BCUT2D eigenvalue weighted by molar-refractivity contribution is 8.17. The predicted octanol–water partition coefficient (Wildman–Crippen LogP) is 6.69. The molecule has 2 N–H and O–H groups in total. The van der Waals surface area contributed by atoms with Gasteiger partial charge in [0, 0.05) is 35.8 Å².